The van der Waals surface area contributed by atoms with Gasteiger partial charge in [-0.2, -0.15) is 0 Å². The molecule has 1 aliphatic rings. The van der Waals surface area contributed by atoms with Crippen molar-refractivity contribution in [2.24, 2.45) is 5.16 Å². The van der Waals surface area contributed by atoms with Gasteiger partial charge < -0.3 is 0 Å². The minimum Gasteiger partial charge on any atom is -0.295 e. The molecule has 9 heteroatoms. The summed E-state index contributed by atoms with van der Waals surface area (Å²) in [5.74, 6) is 0.654. The number of hydrogen-bond donors (Lipinski definition) is 0. The molecule has 1 aromatic carbocycles. The molecule has 0 unspecified atom stereocenters. The Morgan fingerprint density at radius 1 is 1.32 bits per heavy atom. The quantitative estimate of drug-likeness (QED) is 0.331. The van der Waals surface area contributed by atoms with Crippen LogP contribution in [0.1, 0.15) is 13.8 Å². The fourth-order valence-electron chi connectivity index (χ4n) is 2.22. The Bertz CT molecular complexity index is 802. The number of carbonyl (C=O) groups is 1. The van der Waals surface area contributed by atoms with E-state index in [-0.39, 0.29) is 4.75 Å². The van der Waals surface area contributed by atoms with Gasteiger partial charge in [-0.05, 0) is 56.3 Å². The summed E-state index contributed by atoms with van der Waals surface area (Å²) in [6.45, 7) is 4.04. The van der Waals surface area contributed by atoms with Gasteiger partial charge in [0.2, 0.25) is 0 Å². The molecule has 1 aromatic heterocycles. The second kappa shape index (κ2) is 7.35. The molecule has 1 aliphatic heterocycles. The molecule has 2 aromatic rings. The number of thioether (sulfide) groups is 2. The van der Waals surface area contributed by atoms with Crippen LogP contribution in [0.15, 0.2) is 56.8 Å². The number of benzene rings is 1. The second-order valence-electron chi connectivity index (χ2n) is 5.73. The van der Waals surface area contributed by atoms with Gasteiger partial charge in [-0.3, -0.25) is 9.40 Å². The molecular weight excluding hydrogens is 376 g/mol. The van der Waals surface area contributed by atoms with E-state index in [2.05, 4.69) is 10.1 Å². The zero-order valence-electron chi connectivity index (χ0n) is 14.3. The van der Waals surface area contributed by atoms with E-state index in [0.717, 1.165) is 10.1 Å². The van der Waals surface area contributed by atoms with Crippen LogP contribution in [0.25, 0.3) is 0 Å². The minimum atomic E-state index is -0.527. The van der Waals surface area contributed by atoms with E-state index >= 15 is 0 Å². The number of amides is 1. The van der Waals surface area contributed by atoms with Crippen molar-refractivity contribution in [3.63, 3.8) is 0 Å². The van der Waals surface area contributed by atoms with Crippen LogP contribution in [0.3, 0.4) is 0 Å². The molecule has 3 rings (SSSR count). The number of imidazole rings is 1. The van der Waals surface area contributed by atoms with Crippen molar-refractivity contribution < 1.29 is 9.63 Å². The fourth-order valence-corrected chi connectivity index (χ4v) is 4.35. The average molecular weight is 395 g/mol. The average Bonchev–Trinajstić information content (AvgIpc) is 3.11. The van der Waals surface area contributed by atoms with Gasteiger partial charge in [0.1, 0.15) is 0 Å². The topological polar surface area (TPSA) is 59.7 Å². The third-order valence-electron chi connectivity index (χ3n) is 3.49. The molecule has 0 spiro atoms. The first kappa shape index (κ1) is 18.2. The molecule has 0 N–H and O–H groups in total. The predicted octanol–water partition coefficient (Wildman–Crippen LogP) is 4.43. The van der Waals surface area contributed by atoms with E-state index in [1.54, 1.807) is 36.8 Å². The molecule has 0 radical (unpaired) electrons. The second-order valence-corrected chi connectivity index (χ2v) is 9.40. The highest BCUT2D eigenvalue weighted by Crippen LogP contribution is 2.39. The summed E-state index contributed by atoms with van der Waals surface area (Å²) >= 11 is 4.56. The lowest BCUT2D eigenvalue weighted by atomic mass is 10.2. The van der Waals surface area contributed by atoms with Gasteiger partial charge in [0, 0.05) is 29.2 Å². The number of carbonyl (C=O) groups excluding carboxylic acids is 1. The van der Waals surface area contributed by atoms with Gasteiger partial charge in [-0.15, -0.1) is 11.8 Å². The van der Waals surface area contributed by atoms with Crippen LogP contribution < -0.4 is 0 Å². The van der Waals surface area contributed by atoms with Gasteiger partial charge in [0.15, 0.2) is 11.0 Å². The van der Waals surface area contributed by atoms with Gasteiger partial charge in [-0.1, -0.05) is 16.9 Å². The van der Waals surface area contributed by atoms with Crippen LogP contribution in [0, 0.1) is 0 Å². The summed E-state index contributed by atoms with van der Waals surface area (Å²) in [7, 11) is 1.66. The Hall–Kier alpha value is -1.58. The smallest absolute Gasteiger partial charge is 0.295 e. The first-order valence-corrected chi connectivity index (χ1v) is 10.3. The van der Waals surface area contributed by atoms with Crippen molar-refractivity contribution in [3.8, 4) is 0 Å². The fraction of sp³-hybridized carbons (Fsp3) is 0.312. The van der Waals surface area contributed by atoms with Crippen molar-refractivity contribution in [1.82, 2.24) is 13.9 Å². The molecule has 2 heterocycles. The first-order valence-electron chi connectivity index (χ1n) is 7.48. The molecule has 0 aliphatic carbocycles. The third kappa shape index (κ3) is 3.99. The number of fused-ring (bicyclic) bond motifs is 1. The largest absolute Gasteiger partial charge is 0.446 e. The highest BCUT2D eigenvalue weighted by Gasteiger charge is 2.38. The number of oxime groups is 1. The lowest BCUT2D eigenvalue weighted by Crippen LogP contribution is -2.29. The molecule has 0 saturated heterocycles. The summed E-state index contributed by atoms with van der Waals surface area (Å²) in [5, 5.41) is 4.93. The van der Waals surface area contributed by atoms with Crippen molar-refractivity contribution in [1.29, 1.82) is 0 Å². The molecule has 132 valence electrons. The number of hydrogen-bond acceptors (Lipinski definition) is 7. The van der Waals surface area contributed by atoms with Crippen LogP contribution >= 0.6 is 35.5 Å². The standard InChI is InChI=1S/C16H18N4O2S3/c1-16(2)13(20-10-9-17-14(20)24-16)18-22-15(21)19(3)25-12-7-5-11(23-4)6-8-12/h5-10H,1-4H3. The number of aromatic nitrogens is 2. The monoisotopic (exact) mass is 394 g/mol. The third-order valence-corrected chi connectivity index (χ3v) is 6.32. The maximum Gasteiger partial charge on any atom is 0.446 e. The minimum absolute atomic E-state index is 0.302. The van der Waals surface area contributed by atoms with E-state index in [1.807, 2.05) is 55.1 Å². The Morgan fingerprint density at radius 3 is 2.68 bits per heavy atom. The Kier molecular flexibility index (Phi) is 5.35. The molecule has 0 saturated carbocycles. The maximum absolute atomic E-state index is 12.2. The molecule has 6 nitrogen and oxygen atoms in total. The molecule has 0 atom stereocenters. The van der Waals surface area contributed by atoms with Crippen molar-refractivity contribution in [3.05, 3.63) is 36.7 Å². The molecule has 0 bridgehead atoms. The molecule has 25 heavy (non-hydrogen) atoms. The lowest BCUT2D eigenvalue weighted by molar-refractivity contribution is 0.136. The van der Waals surface area contributed by atoms with Gasteiger partial charge in [0.25, 0.3) is 0 Å². The summed E-state index contributed by atoms with van der Waals surface area (Å²) in [6, 6.07) is 7.98. The lowest BCUT2D eigenvalue weighted by Gasteiger charge is -2.17. The van der Waals surface area contributed by atoms with E-state index in [0.29, 0.717) is 5.84 Å². The predicted molar refractivity (Wildman–Crippen MR) is 103 cm³/mol. The normalized spacial score (nSPS) is 16.7. The molecular formula is C16H18N4O2S3. The summed E-state index contributed by atoms with van der Waals surface area (Å²) in [5.41, 5.74) is 0. The van der Waals surface area contributed by atoms with Crippen LogP contribution in [0.4, 0.5) is 4.79 Å². The highest BCUT2D eigenvalue weighted by atomic mass is 32.2. The van der Waals surface area contributed by atoms with E-state index in [4.69, 9.17) is 4.84 Å². The van der Waals surface area contributed by atoms with Crippen LogP contribution in [-0.4, -0.2) is 43.8 Å². The van der Waals surface area contributed by atoms with Crippen molar-refractivity contribution in [2.45, 2.75) is 33.5 Å². The Morgan fingerprint density at radius 2 is 2.00 bits per heavy atom. The van der Waals surface area contributed by atoms with Gasteiger partial charge >= 0.3 is 6.09 Å². The van der Waals surface area contributed by atoms with Crippen molar-refractivity contribution >= 4 is 47.4 Å². The SMILES string of the molecule is CSc1ccc(SN(C)C(=O)ON=C2n3ccnc3SC2(C)C)cc1. The Balaban J connectivity index is 1.65. The maximum atomic E-state index is 12.2. The first-order chi connectivity index (χ1) is 11.9. The zero-order chi connectivity index (χ0) is 18.0. The van der Waals surface area contributed by atoms with Crippen LogP contribution in [-0.2, 0) is 4.84 Å². The van der Waals surface area contributed by atoms with Gasteiger partial charge in [0.05, 0.1) is 4.75 Å². The molecule has 1 amide bonds. The van der Waals surface area contributed by atoms with Crippen LogP contribution in [0.5, 0.6) is 0 Å². The number of nitrogens with zero attached hydrogens (tertiary/aromatic N) is 4. The van der Waals surface area contributed by atoms with E-state index < -0.39 is 6.09 Å². The number of rotatable bonds is 4. The summed E-state index contributed by atoms with van der Waals surface area (Å²) < 4.78 is 2.96. The van der Waals surface area contributed by atoms with Crippen molar-refractivity contribution in [2.75, 3.05) is 13.3 Å². The van der Waals surface area contributed by atoms with Gasteiger partial charge in [-0.25, -0.2) is 14.1 Å². The van der Waals surface area contributed by atoms with E-state index in [9.17, 15) is 4.79 Å². The summed E-state index contributed by atoms with van der Waals surface area (Å²) in [4.78, 5) is 23.8. The highest BCUT2D eigenvalue weighted by molar-refractivity contribution is 8.01. The zero-order valence-corrected chi connectivity index (χ0v) is 16.7. The van der Waals surface area contributed by atoms with E-state index in [1.165, 1.54) is 21.1 Å². The summed E-state index contributed by atoms with van der Waals surface area (Å²) in [6.07, 6.45) is 5.02. The molecule has 0 fully saturated rings. The van der Waals surface area contributed by atoms with Crippen LogP contribution in [0.2, 0.25) is 0 Å². The Labute approximate surface area is 159 Å².